The van der Waals surface area contributed by atoms with E-state index in [4.69, 9.17) is 0 Å². The maximum Gasteiger partial charge on any atom is 0.0746 e. The van der Waals surface area contributed by atoms with Gasteiger partial charge in [-0.05, 0) is 114 Å². The molecule has 13 rings (SSSR count). The van der Waals surface area contributed by atoms with Gasteiger partial charge in [0.1, 0.15) is 0 Å². The highest BCUT2D eigenvalue weighted by Crippen LogP contribution is 2.66. The number of hydrogen-bond acceptors (Lipinski definition) is 1. The first-order valence-corrected chi connectivity index (χ1v) is 22.0. The van der Waals surface area contributed by atoms with E-state index in [1.54, 1.807) is 0 Å². The quantitative estimate of drug-likeness (QED) is 0.162. The third-order valence-corrected chi connectivity index (χ3v) is 14.2. The first-order valence-electron chi connectivity index (χ1n) is 22.0. The molecule has 1 heteroatoms. The van der Waals surface area contributed by atoms with Crippen LogP contribution in [-0.4, -0.2) is 0 Å². The van der Waals surface area contributed by atoms with Gasteiger partial charge >= 0.3 is 0 Å². The summed E-state index contributed by atoms with van der Waals surface area (Å²) in [7, 11) is 0. The fourth-order valence-electron chi connectivity index (χ4n) is 11.8. The summed E-state index contributed by atoms with van der Waals surface area (Å²) in [4.78, 5) is 2.54. The van der Waals surface area contributed by atoms with Gasteiger partial charge in [0.05, 0.1) is 16.5 Å². The average molecular weight is 800 g/mol. The summed E-state index contributed by atoms with van der Waals surface area (Å²) in [5.74, 6) is 0. The molecule has 0 aliphatic heterocycles. The summed E-state index contributed by atoms with van der Waals surface area (Å²) in [6.45, 7) is 0. The minimum atomic E-state index is -0.517. The van der Waals surface area contributed by atoms with Crippen molar-refractivity contribution in [3.8, 4) is 44.5 Å². The minimum Gasteiger partial charge on any atom is -0.310 e. The van der Waals surface area contributed by atoms with E-state index in [1.807, 2.05) is 0 Å². The maximum absolute atomic E-state index is 2.54. The van der Waals surface area contributed by atoms with Gasteiger partial charge < -0.3 is 4.90 Å². The monoisotopic (exact) mass is 799 g/mol. The van der Waals surface area contributed by atoms with E-state index >= 15 is 0 Å². The molecule has 3 aliphatic rings. The molecular formula is C62H41N. The first kappa shape index (κ1) is 35.7. The van der Waals surface area contributed by atoms with E-state index in [1.165, 1.54) is 94.7 Å². The standard InChI is InChI=1S/C62H41N/c1-4-19-42(20-5-1)43-35-37-46(38-36-43)63(47-39-40-58-53(41-47)51-28-13-14-30-54(51)61(58,44-21-6-2-7-22-44)45-23-8-3-9-24-45)59-34-18-29-52-50-27-12-17-33-57(50)62(60(52)59)55-31-15-10-25-48(55)49-26-11-16-32-56(49)62/h1-41H. The van der Waals surface area contributed by atoms with Gasteiger partial charge in [-0.1, -0.05) is 218 Å². The summed E-state index contributed by atoms with van der Waals surface area (Å²) in [5, 5.41) is 0. The van der Waals surface area contributed by atoms with Crippen molar-refractivity contribution in [3.05, 3.63) is 293 Å². The molecule has 10 aromatic rings. The molecule has 0 aromatic heterocycles. The third kappa shape index (κ3) is 4.88. The smallest absolute Gasteiger partial charge is 0.0746 e. The highest BCUT2D eigenvalue weighted by atomic mass is 15.1. The zero-order valence-electron chi connectivity index (χ0n) is 34.6. The lowest BCUT2D eigenvalue weighted by atomic mass is 9.68. The van der Waals surface area contributed by atoms with Gasteiger partial charge in [-0.3, -0.25) is 0 Å². The van der Waals surface area contributed by atoms with Crippen LogP contribution in [-0.2, 0) is 10.8 Å². The highest BCUT2D eigenvalue weighted by Gasteiger charge is 2.53. The Balaban J connectivity index is 1.11. The van der Waals surface area contributed by atoms with E-state index < -0.39 is 10.8 Å². The van der Waals surface area contributed by atoms with E-state index in [2.05, 4.69) is 254 Å². The summed E-state index contributed by atoms with van der Waals surface area (Å²) < 4.78 is 0. The number of rotatable bonds is 6. The Morgan fingerprint density at radius 1 is 0.254 bits per heavy atom. The fraction of sp³-hybridized carbons (Fsp3) is 0.0323. The van der Waals surface area contributed by atoms with Gasteiger partial charge in [-0.25, -0.2) is 0 Å². The summed E-state index contributed by atoms with van der Waals surface area (Å²) >= 11 is 0. The number of benzene rings is 10. The van der Waals surface area contributed by atoms with Crippen molar-refractivity contribution in [2.75, 3.05) is 4.90 Å². The molecule has 63 heavy (non-hydrogen) atoms. The van der Waals surface area contributed by atoms with Crippen LogP contribution < -0.4 is 4.90 Å². The fourth-order valence-corrected chi connectivity index (χ4v) is 11.8. The van der Waals surface area contributed by atoms with Crippen LogP contribution in [0, 0.1) is 0 Å². The van der Waals surface area contributed by atoms with Crippen molar-refractivity contribution in [1.82, 2.24) is 0 Å². The molecule has 1 nitrogen and oxygen atoms in total. The van der Waals surface area contributed by atoms with Crippen molar-refractivity contribution in [2.45, 2.75) is 10.8 Å². The van der Waals surface area contributed by atoms with Gasteiger partial charge in [0.2, 0.25) is 0 Å². The van der Waals surface area contributed by atoms with Gasteiger partial charge in [0, 0.05) is 16.9 Å². The largest absolute Gasteiger partial charge is 0.310 e. The molecule has 0 saturated carbocycles. The Labute approximate surface area is 368 Å². The van der Waals surface area contributed by atoms with Crippen molar-refractivity contribution in [3.63, 3.8) is 0 Å². The lowest BCUT2D eigenvalue weighted by molar-refractivity contribution is 0.768. The number of nitrogens with zero attached hydrogens (tertiary/aromatic N) is 1. The molecule has 3 aliphatic carbocycles. The number of anilines is 3. The predicted molar refractivity (Wildman–Crippen MR) is 260 cm³/mol. The van der Waals surface area contributed by atoms with Crippen LogP contribution in [0.25, 0.3) is 44.5 Å². The normalized spacial score (nSPS) is 14.0. The molecule has 0 heterocycles. The Bertz CT molecular complexity index is 3280. The second-order valence-corrected chi connectivity index (χ2v) is 17.1. The number of hydrogen-bond donors (Lipinski definition) is 0. The maximum atomic E-state index is 2.54. The van der Waals surface area contributed by atoms with Crippen LogP contribution in [0.4, 0.5) is 17.1 Å². The van der Waals surface area contributed by atoms with Crippen LogP contribution >= 0.6 is 0 Å². The second-order valence-electron chi connectivity index (χ2n) is 17.1. The molecular weight excluding hydrogens is 759 g/mol. The van der Waals surface area contributed by atoms with E-state index in [0.717, 1.165) is 11.4 Å². The highest BCUT2D eigenvalue weighted by molar-refractivity contribution is 6.00. The van der Waals surface area contributed by atoms with Crippen molar-refractivity contribution in [1.29, 1.82) is 0 Å². The summed E-state index contributed by atoms with van der Waals surface area (Å²) in [6, 6.07) is 92.7. The lowest BCUT2D eigenvalue weighted by Gasteiger charge is -2.36. The third-order valence-electron chi connectivity index (χ3n) is 14.2. The molecule has 0 fully saturated rings. The average Bonchev–Trinajstić information content (AvgIpc) is 3.96. The van der Waals surface area contributed by atoms with Crippen LogP contribution in [0.5, 0.6) is 0 Å². The second kappa shape index (κ2) is 13.8. The van der Waals surface area contributed by atoms with Gasteiger partial charge in [-0.2, -0.15) is 0 Å². The van der Waals surface area contributed by atoms with Crippen molar-refractivity contribution >= 4 is 17.1 Å². The van der Waals surface area contributed by atoms with Crippen molar-refractivity contribution in [2.24, 2.45) is 0 Å². The Morgan fingerprint density at radius 2 is 0.651 bits per heavy atom. The van der Waals surface area contributed by atoms with E-state index in [-0.39, 0.29) is 0 Å². The molecule has 0 bridgehead atoms. The first-order chi connectivity index (χ1) is 31.3. The van der Waals surface area contributed by atoms with Crippen LogP contribution in [0.1, 0.15) is 44.5 Å². The molecule has 10 aromatic carbocycles. The van der Waals surface area contributed by atoms with Gasteiger partial charge in [-0.15, -0.1) is 0 Å². The molecule has 0 atom stereocenters. The molecule has 1 spiro atoms. The minimum absolute atomic E-state index is 0.480. The van der Waals surface area contributed by atoms with Gasteiger partial charge in [0.15, 0.2) is 0 Å². The molecule has 0 amide bonds. The lowest BCUT2D eigenvalue weighted by Crippen LogP contribution is -2.29. The molecule has 0 saturated heterocycles. The zero-order valence-corrected chi connectivity index (χ0v) is 34.6. The number of fused-ring (bicyclic) bond motifs is 13. The Hall–Kier alpha value is -8.00. The molecule has 294 valence electrons. The predicted octanol–water partition coefficient (Wildman–Crippen LogP) is 15.5. The summed E-state index contributed by atoms with van der Waals surface area (Å²) in [6.07, 6.45) is 0. The van der Waals surface area contributed by atoms with Crippen LogP contribution in [0.3, 0.4) is 0 Å². The van der Waals surface area contributed by atoms with E-state index in [0.29, 0.717) is 0 Å². The van der Waals surface area contributed by atoms with Crippen molar-refractivity contribution < 1.29 is 0 Å². The van der Waals surface area contributed by atoms with Crippen LogP contribution in [0.2, 0.25) is 0 Å². The Kier molecular flexibility index (Phi) is 7.80. The zero-order chi connectivity index (χ0) is 41.5. The molecule has 0 N–H and O–H groups in total. The topological polar surface area (TPSA) is 3.24 Å². The van der Waals surface area contributed by atoms with Crippen LogP contribution in [0.15, 0.2) is 249 Å². The molecule has 0 radical (unpaired) electrons. The Morgan fingerprint density at radius 3 is 1.21 bits per heavy atom. The van der Waals surface area contributed by atoms with Gasteiger partial charge in [0.25, 0.3) is 0 Å². The van der Waals surface area contributed by atoms with E-state index in [9.17, 15) is 0 Å². The molecule has 0 unspecified atom stereocenters. The SMILES string of the molecule is c1ccc(-c2ccc(N(c3ccc4c(c3)-c3ccccc3C4(c3ccccc3)c3ccccc3)c3cccc4c3C3(c5ccccc5-c5ccccc53)c3ccccc3-4)cc2)cc1. The summed E-state index contributed by atoms with van der Waals surface area (Å²) in [5.41, 5.74) is 23.0.